The molecular weight excluding hydrogens is 416 g/mol. The summed E-state index contributed by atoms with van der Waals surface area (Å²) in [6, 6.07) is 10.2. The Morgan fingerprint density at radius 1 is 0.879 bits per heavy atom. The van der Waals surface area contributed by atoms with Crippen LogP contribution in [0.3, 0.4) is 0 Å². The number of aromatic nitrogens is 4. The first-order valence-electron chi connectivity index (χ1n) is 12.0. The minimum absolute atomic E-state index is 0.735. The molecule has 0 saturated carbocycles. The van der Waals surface area contributed by atoms with Crippen molar-refractivity contribution in [2.45, 2.75) is 6.54 Å². The van der Waals surface area contributed by atoms with Gasteiger partial charge in [-0.2, -0.15) is 0 Å². The van der Waals surface area contributed by atoms with Gasteiger partial charge in [0.1, 0.15) is 5.52 Å². The lowest BCUT2D eigenvalue weighted by atomic mass is 10.2. The molecule has 33 heavy (non-hydrogen) atoms. The quantitative estimate of drug-likeness (QED) is 0.553. The van der Waals surface area contributed by atoms with Gasteiger partial charge in [0.05, 0.1) is 19.5 Å². The number of piperazine rings is 1. The summed E-state index contributed by atoms with van der Waals surface area (Å²) in [5.74, 6) is 1.55. The Morgan fingerprint density at radius 2 is 1.64 bits per heavy atom. The van der Waals surface area contributed by atoms with Gasteiger partial charge in [-0.15, -0.1) is 0 Å². The van der Waals surface area contributed by atoms with Crippen LogP contribution in [-0.2, 0) is 11.3 Å². The van der Waals surface area contributed by atoms with Crippen LogP contribution in [0.15, 0.2) is 36.7 Å². The molecule has 2 aromatic heterocycles. The highest BCUT2D eigenvalue weighted by molar-refractivity contribution is 5.85. The van der Waals surface area contributed by atoms with E-state index in [4.69, 9.17) is 19.7 Å². The van der Waals surface area contributed by atoms with E-state index < -0.39 is 0 Å². The molecule has 3 aromatic rings. The fraction of sp³-hybridized carbons (Fsp3) is 0.542. The topological polar surface area (TPSA) is 74.6 Å². The molecule has 0 radical (unpaired) electrons. The Morgan fingerprint density at radius 3 is 2.42 bits per heavy atom. The van der Waals surface area contributed by atoms with Crippen molar-refractivity contribution in [2.75, 3.05) is 84.5 Å². The number of hydrogen-bond donors (Lipinski definition) is 1. The first-order chi connectivity index (χ1) is 16.3. The fourth-order valence-electron chi connectivity index (χ4n) is 4.43. The zero-order valence-corrected chi connectivity index (χ0v) is 19.5. The standard InChI is InChI=1S/C24H34N8O/c1-29-9-11-30(12-10-29)8-7-25-23-21-24(28-22(27-23)20-5-3-2-4-6-20)32(19-26-21)14-13-31-15-17-33-18-16-31/h2-6,19H,7-18H2,1H3,(H,25,27,28). The van der Waals surface area contributed by atoms with E-state index in [-0.39, 0.29) is 0 Å². The van der Waals surface area contributed by atoms with E-state index in [9.17, 15) is 0 Å². The van der Waals surface area contributed by atoms with Gasteiger partial charge in [-0.3, -0.25) is 9.80 Å². The Bertz CT molecular complexity index is 1030. The van der Waals surface area contributed by atoms with Crippen molar-refractivity contribution in [1.82, 2.24) is 34.2 Å². The van der Waals surface area contributed by atoms with Crippen molar-refractivity contribution in [3.05, 3.63) is 36.7 Å². The van der Waals surface area contributed by atoms with E-state index in [2.05, 4.69) is 43.8 Å². The number of likely N-dealkylation sites (N-methyl/N-ethyl adjacent to an activating group) is 1. The van der Waals surface area contributed by atoms with Crippen LogP contribution in [0.2, 0.25) is 0 Å². The number of hydrogen-bond acceptors (Lipinski definition) is 8. The number of ether oxygens (including phenoxy) is 1. The monoisotopic (exact) mass is 450 g/mol. The second-order valence-corrected chi connectivity index (χ2v) is 8.90. The summed E-state index contributed by atoms with van der Waals surface area (Å²) in [5, 5.41) is 3.57. The van der Waals surface area contributed by atoms with E-state index in [1.165, 1.54) is 0 Å². The average Bonchev–Trinajstić information content (AvgIpc) is 3.28. The van der Waals surface area contributed by atoms with Gasteiger partial charge in [-0.1, -0.05) is 30.3 Å². The van der Waals surface area contributed by atoms with E-state index in [1.807, 2.05) is 24.5 Å². The number of rotatable bonds is 8. The van der Waals surface area contributed by atoms with Crippen LogP contribution in [0.5, 0.6) is 0 Å². The molecule has 5 rings (SSSR count). The van der Waals surface area contributed by atoms with Gasteiger partial charge >= 0.3 is 0 Å². The van der Waals surface area contributed by atoms with Gasteiger partial charge in [0.2, 0.25) is 0 Å². The van der Waals surface area contributed by atoms with Crippen molar-refractivity contribution >= 4 is 17.0 Å². The average molecular weight is 451 g/mol. The van der Waals surface area contributed by atoms with Crippen LogP contribution in [0.1, 0.15) is 0 Å². The van der Waals surface area contributed by atoms with Gasteiger partial charge in [-0.25, -0.2) is 15.0 Å². The summed E-state index contributed by atoms with van der Waals surface area (Å²) in [6.07, 6.45) is 1.90. The molecule has 0 atom stereocenters. The van der Waals surface area contributed by atoms with Crippen LogP contribution < -0.4 is 5.32 Å². The van der Waals surface area contributed by atoms with Gasteiger partial charge in [0, 0.05) is 71.0 Å². The molecular formula is C24H34N8O. The second kappa shape index (κ2) is 10.6. The van der Waals surface area contributed by atoms with Crippen LogP contribution in [0.4, 0.5) is 5.82 Å². The molecule has 1 aromatic carbocycles. The largest absolute Gasteiger partial charge is 0.379 e. The van der Waals surface area contributed by atoms with E-state index >= 15 is 0 Å². The Balaban J connectivity index is 1.35. The minimum Gasteiger partial charge on any atom is -0.379 e. The summed E-state index contributed by atoms with van der Waals surface area (Å²) < 4.78 is 7.64. The molecule has 9 nitrogen and oxygen atoms in total. The second-order valence-electron chi connectivity index (χ2n) is 8.90. The number of benzene rings is 1. The first-order valence-corrected chi connectivity index (χ1v) is 12.0. The highest BCUT2D eigenvalue weighted by atomic mass is 16.5. The van der Waals surface area contributed by atoms with Crippen LogP contribution in [-0.4, -0.2) is 113 Å². The normalized spacial score (nSPS) is 18.7. The summed E-state index contributed by atoms with van der Waals surface area (Å²) in [4.78, 5) is 21.8. The molecule has 9 heteroatoms. The number of nitrogens with zero attached hydrogens (tertiary/aromatic N) is 7. The molecule has 176 valence electrons. The maximum atomic E-state index is 5.48. The molecule has 4 heterocycles. The molecule has 0 spiro atoms. The van der Waals surface area contributed by atoms with E-state index in [1.54, 1.807) is 0 Å². The zero-order chi connectivity index (χ0) is 22.5. The zero-order valence-electron chi connectivity index (χ0n) is 19.5. The van der Waals surface area contributed by atoms with E-state index in [0.29, 0.717) is 0 Å². The molecule has 2 aliphatic rings. The number of anilines is 1. The summed E-state index contributed by atoms with van der Waals surface area (Å²) in [5.41, 5.74) is 2.75. The van der Waals surface area contributed by atoms with Crippen molar-refractivity contribution in [3.63, 3.8) is 0 Å². The fourth-order valence-corrected chi connectivity index (χ4v) is 4.43. The number of nitrogens with one attached hydrogen (secondary N) is 1. The SMILES string of the molecule is CN1CCN(CCNc2nc(-c3ccccc3)nc3c2ncn3CCN2CCOCC2)CC1. The van der Waals surface area contributed by atoms with Crippen molar-refractivity contribution in [2.24, 2.45) is 0 Å². The molecule has 0 bridgehead atoms. The van der Waals surface area contributed by atoms with Crippen LogP contribution in [0, 0.1) is 0 Å². The predicted molar refractivity (Wildman–Crippen MR) is 130 cm³/mol. The lowest BCUT2D eigenvalue weighted by Crippen LogP contribution is -2.45. The van der Waals surface area contributed by atoms with Crippen molar-refractivity contribution in [1.29, 1.82) is 0 Å². The Kier molecular flexibility index (Phi) is 7.11. The Hall–Kier alpha value is -2.59. The third-order valence-electron chi connectivity index (χ3n) is 6.57. The highest BCUT2D eigenvalue weighted by Gasteiger charge is 2.17. The maximum absolute atomic E-state index is 5.48. The van der Waals surface area contributed by atoms with Gasteiger partial charge in [-0.05, 0) is 7.05 Å². The summed E-state index contributed by atoms with van der Waals surface area (Å²) in [6.45, 7) is 11.7. The lowest BCUT2D eigenvalue weighted by Gasteiger charge is -2.32. The number of morpholine rings is 1. The first kappa shape index (κ1) is 22.2. The van der Waals surface area contributed by atoms with Gasteiger partial charge < -0.3 is 19.5 Å². The molecule has 0 amide bonds. The predicted octanol–water partition coefficient (Wildman–Crippen LogP) is 1.48. The number of imidazole rings is 1. The Labute approximate surface area is 195 Å². The lowest BCUT2D eigenvalue weighted by molar-refractivity contribution is 0.0365. The van der Waals surface area contributed by atoms with E-state index in [0.717, 1.165) is 107 Å². The smallest absolute Gasteiger partial charge is 0.166 e. The van der Waals surface area contributed by atoms with Gasteiger partial charge in [0.15, 0.2) is 17.3 Å². The highest BCUT2D eigenvalue weighted by Crippen LogP contribution is 2.24. The molecule has 2 aliphatic heterocycles. The molecule has 0 aliphatic carbocycles. The van der Waals surface area contributed by atoms with Crippen LogP contribution >= 0.6 is 0 Å². The van der Waals surface area contributed by atoms with Crippen molar-refractivity contribution < 1.29 is 4.74 Å². The maximum Gasteiger partial charge on any atom is 0.166 e. The molecule has 2 fully saturated rings. The van der Waals surface area contributed by atoms with Crippen molar-refractivity contribution in [3.8, 4) is 11.4 Å². The van der Waals surface area contributed by atoms with Crippen LogP contribution in [0.25, 0.3) is 22.6 Å². The molecule has 2 saturated heterocycles. The number of fused-ring (bicyclic) bond motifs is 1. The minimum atomic E-state index is 0.735. The van der Waals surface area contributed by atoms with Gasteiger partial charge in [0.25, 0.3) is 0 Å². The third-order valence-corrected chi connectivity index (χ3v) is 6.57. The third kappa shape index (κ3) is 5.50. The summed E-state index contributed by atoms with van der Waals surface area (Å²) >= 11 is 0. The summed E-state index contributed by atoms with van der Waals surface area (Å²) in [7, 11) is 2.19. The molecule has 1 N–H and O–H groups in total. The molecule has 0 unspecified atom stereocenters.